The van der Waals surface area contributed by atoms with E-state index in [1.807, 2.05) is 6.19 Å². The Morgan fingerprint density at radius 3 is 2.47 bits per heavy atom. The number of aliphatic carboxylic acids is 1. The van der Waals surface area contributed by atoms with Gasteiger partial charge < -0.3 is 5.11 Å². The van der Waals surface area contributed by atoms with Gasteiger partial charge in [0.2, 0.25) is 5.91 Å². The van der Waals surface area contributed by atoms with Crippen molar-refractivity contribution >= 4 is 11.9 Å². The average Bonchev–Trinajstić information content (AvgIpc) is 2.98. The van der Waals surface area contributed by atoms with E-state index in [2.05, 4.69) is 5.32 Å². The van der Waals surface area contributed by atoms with E-state index in [9.17, 15) is 14.7 Å². The summed E-state index contributed by atoms with van der Waals surface area (Å²) >= 11 is 0. The Morgan fingerprint density at radius 2 is 1.70 bits per heavy atom. The number of nitriles is 1. The molecular formula is C25H34N2O3. The van der Waals surface area contributed by atoms with E-state index in [4.69, 9.17) is 5.26 Å². The van der Waals surface area contributed by atoms with Gasteiger partial charge in [-0.3, -0.25) is 14.9 Å². The fourth-order valence-electron chi connectivity index (χ4n) is 10.5. The minimum absolute atomic E-state index is 0.00863. The van der Waals surface area contributed by atoms with Crippen molar-refractivity contribution in [1.29, 1.82) is 5.26 Å². The molecule has 5 heteroatoms. The summed E-state index contributed by atoms with van der Waals surface area (Å²) in [6.07, 6.45) is 16.3. The van der Waals surface area contributed by atoms with Gasteiger partial charge in [0.15, 0.2) is 6.19 Å². The molecule has 0 spiro atoms. The highest BCUT2D eigenvalue weighted by atomic mass is 16.4. The van der Waals surface area contributed by atoms with Crippen LogP contribution < -0.4 is 5.32 Å². The fraction of sp³-hybridized carbons (Fsp3) is 0.880. The van der Waals surface area contributed by atoms with Crippen molar-refractivity contribution in [2.75, 3.05) is 0 Å². The summed E-state index contributed by atoms with van der Waals surface area (Å²) in [5.41, 5.74) is 0.0834. The third-order valence-corrected chi connectivity index (χ3v) is 11.2. The molecule has 6 aliphatic rings. The summed E-state index contributed by atoms with van der Waals surface area (Å²) in [5.74, 6) is 2.40. The molecule has 6 bridgehead atoms. The van der Waals surface area contributed by atoms with E-state index in [1.54, 1.807) is 0 Å². The van der Waals surface area contributed by atoms with Crippen molar-refractivity contribution < 1.29 is 14.7 Å². The summed E-state index contributed by atoms with van der Waals surface area (Å²) in [7, 11) is 0. The molecule has 9 unspecified atom stereocenters. The van der Waals surface area contributed by atoms with E-state index >= 15 is 0 Å². The smallest absolute Gasteiger partial charge is 0.309 e. The number of nitrogens with zero attached hydrogens (tertiary/aromatic N) is 1. The number of carboxylic acid groups (broad SMARTS) is 1. The molecule has 5 nitrogen and oxygen atoms in total. The summed E-state index contributed by atoms with van der Waals surface area (Å²) in [6.45, 7) is 0. The molecule has 0 radical (unpaired) electrons. The van der Waals surface area contributed by atoms with Crippen LogP contribution in [-0.4, -0.2) is 17.0 Å². The van der Waals surface area contributed by atoms with Crippen molar-refractivity contribution in [3.8, 4) is 6.19 Å². The molecule has 0 heterocycles. The first kappa shape index (κ1) is 19.1. The third kappa shape index (κ3) is 2.40. The number of fused-ring (bicyclic) bond motifs is 5. The lowest BCUT2D eigenvalue weighted by molar-refractivity contribution is -0.152. The number of carboxylic acids is 1. The molecule has 0 aromatic heterocycles. The Morgan fingerprint density at radius 1 is 0.933 bits per heavy atom. The van der Waals surface area contributed by atoms with Gasteiger partial charge in [0.25, 0.3) is 0 Å². The number of rotatable bonds is 3. The molecular weight excluding hydrogens is 376 g/mol. The van der Waals surface area contributed by atoms with Crippen LogP contribution >= 0.6 is 0 Å². The molecule has 6 rings (SSSR count). The topological polar surface area (TPSA) is 90.2 Å². The number of hydrogen-bond donors (Lipinski definition) is 2. The minimum Gasteiger partial charge on any atom is -0.481 e. The summed E-state index contributed by atoms with van der Waals surface area (Å²) in [6, 6.07) is 0. The molecule has 0 aromatic rings. The maximum absolute atomic E-state index is 12.6. The third-order valence-electron chi connectivity index (χ3n) is 11.2. The van der Waals surface area contributed by atoms with Crippen LogP contribution in [0.2, 0.25) is 0 Å². The average molecular weight is 411 g/mol. The molecule has 0 aromatic carbocycles. The van der Waals surface area contributed by atoms with Gasteiger partial charge in [-0.1, -0.05) is 12.8 Å². The molecule has 6 fully saturated rings. The van der Waals surface area contributed by atoms with Crippen molar-refractivity contribution in [2.24, 2.45) is 51.8 Å². The molecule has 2 N–H and O–H groups in total. The van der Waals surface area contributed by atoms with E-state index in [-0.39, 0.29) is 17.2 Å². The van der Waals surface area contributed by atoms with Gasteiger partial charge in [0.05, 0.1) is 5.41 Å². The first-order chi connectivity index (χ1) is 14.4. The van der Waals surface area contributed by atoms with Crippen LogP contribution in [0.25, 0.3) is 0 Å². The summed E-state index contributed by atoms with van der Waals surface area (Å²) in [5, 5.41) is 21.7. The van der Waals surface area contributed by atoms with E-state index in [1.165, 1.54) is 38.5 Å². The highest BCUT2D eigenvalue weighted by Gasteiger charge is 2.71. The lowest BCUT2D eigenvalue weighted by atomic mass is 9.50. The van der Waals surface area contributed by atoms with Crippen LogP contribution in [0.4, 0.5) is 0 Å². The van der Waals surface area contributed by atoms with Crippen molar-refractivity contribution in [1.82, 2.24) is 5.32 Å². The van der Waals surface area contributed by atoms with Gasteiger partial charge in [0, 0.05) is 5.92 Å². The maximum Gasteiger partial charge on any atom is 0.309 e. The second kappa shape index (κ2) is 6.24. The van der Waals surface area contributed by atoms with Crippen LogP contribution in [-0.2, 0) is 9.59 Å². The van der Waals surface area contributed by atoms with Crippen LogP contribution in [0.5, 0.6) is 0 Å². The largest absolute Gasteiger partial charge is 0.481 e. The van der Waals surface area contributed by atoms with Crippen molar-refractivity contribution in [3.63, 3.8) is 0 Å². The monoisotopic (exact) mass is 410 g/mol. The number of nitrogens with one attached hydrogen (secondary N) is 1. The van der Waals surface area contributed by atoms with Crippen LogP contribution in [0.1, 0.15) is 83.5 Å². The number of carbonyl (C=O) groups excluding carboxylic acids is 1. The molecule has 6 saturated carbocycles. The lowest BCUT2D eigenvalue weighted by Crippen LogP contribution is -2.46. The van der Waals surface area contributed by atoms with Crippen LogP contribution in [0, 0.1) is 63.2 Å². The molecule has 30 heavy (non-hydrogen) atoms. The van der Waals surface area contributed by atoms with Gasteiger partial charge in [0.1, 0.15) is 0 Å². The Hall–Kier alpha value is -1.57. The van der Waals surface area contributed by atoms with E-state index < -0.39 is 11.4 Å². The maximum atomic E-state index is 12.6. The molecule has 9 atom stereocenters. The molecule has 6 aliphatic carbocycles. The first-order valence-corrected chi connectivity index (χ1v) is 12.3. The number of carbonyl (C=O) groups is 2. The Balaban J connectivity index is 1.34. The van der Waals surface area contributed by atoms with Crippen LogP contribution in [0.3, 0.4) is 0 Å². The Kier molecular flexibility index (Phi) is 3.98. The van der Waals surface area contributed by atoms with Crippen molar-refractivity contribution in [2.45, 2.75) is 83.5 Å². The first-order valence-electron chi connectivity index (χ1n) is 12.3. The zero-order valence-electron chi connectivity index (χ0n) is 17.9. The fourth-order valence-corrected chi connectivity index (χ4v) is 10.5. The number of hydrogen-bond acceptors (Lipinski definition) is 3. The highest BCUT2D eigenvalue weighted by Crippen LogP contribution is 2.77. The van der Waals surface area contributed by atoms with Crippen LogP contribution in [0.15, 0.2) is 0 Å². The standard InChI is InChI=1S/C25H34N2O3/c26-14-27-21(28)17-4-16-5-18-10-23(9-16,11-19(18)7-17)24-8-15-2-1-3-25(13-24,22(29)30)20(6-15)12-24/h15-20H,1-13H2,(H,27,28)(H,29,30). The SMILES string of the molecule is N#CNC(=O)C1CC2CC3CC(C45CC6CCCC(C(=O)O)(C4)C(C6)C5)(C2)CC3C1. The second-order valence-corrected chi connectivity index (χ2v) is 12.3. The van der Waals surface area contributed by atoms with E-state index in [0.717, 1.165) is 50.9 Å². The zero-order chi connectivity index (χ0) is 20.7. The zero-order valence-corrected chi connectivity index (χ0v) is 17.9. The summed E-state index contributed by atoms with van der Waals surface area (Å²) in [4.78, 5) is 25.1. The predicted molar refractivity (Wildman–Crippen MR) is 110 cm³/mol. The Bertz CT molecular complexity index is 831. The molecule has 0 aliphatic heterocycles. The quantitative estimate of drug-likeness (QED) is 0.530. The van der Waals surface area contributed by atoms with Gasteiger partial charge in [-0.2, -0.15) is 5.26 Å². The minimum atomic E-state index is -0.507. The predicted octanol–water partition coefficient (Wildman–Crippen LogP) is 4.48. The van der Waals surface area contributed by atoms with Gasteiger partial charge >= 0.3 is 5.97 Å². The Labute approximate surface area is 179 Å². The lowest BCUT2D eigenvalue weighted by Gasteiger charge is -2.55. The van der Waals surface area contributed by atoms with Gasteiger partial charge in [-0.25, -0.2) is 0 Å². The molecule has 162 valence electrons. The van der Waals surface area contributed by atoms with Gasteiger partial charge in [-0.05, 0) is 111 Å². The molecule has 0 saturated heterocycles. The summed E-state index contributed by atoms with van der Waals surface area (Å²) < 4.78 is 0. The van der Waals surface area contributed by atoms with Crippen molar-refractivity contribution in [3.05, 3.63) is 0 Å². The van der Waals surface area contributed by atoms with Gasteiger partial charge in [-0.15, -0.1) is 0 Å². The number of amides is 1. The highest BCUT2D eigenvalue weighted by molar-refractivity contribution is 5.80. The second-order valence-electron chi connectivity index (χ2n) is 12.3. The van der Waals surface area contributed by atoms with E-state index in [0.29, 0.717) is 29.1 Å². The molecule has 1 amide bonds. The normalized spacial score (nSPS) is 53.0.